The third-order valence-electron chi connectivity index (χ3n) is 3.27. The average molecular weight is 219 g/mol. The predicted octanol–water partition coefficient (Wildman–Crippen LogP) is 3.65. The molecule has 0 radical (unpaired) electrons. The number of hydrogen-bond acceptors (Lipinski definition) is 1. The van der Waals surface area contributed by atoms with Gasteiger partial charge in [-0.15, -0.1) is 0 Å². The molecular weight excluding hydrogens is 200 g/mol. The van der Waals surface area contributed by atoms with Crippen LogP contribution in [0.4, 0.5) is 0 Å². The Labute approximate surface area is 86.9 Å². The Hall–Kier alpha value is 0.177. The van der Waals surface area contributed by atoms with Crippen LogP contribution in [-0.4, -0.2) is 13.3 Å². The molecule has 0 aromatic heterocycles. The molecule has 0 amide bonds. The first-order valence-electron chi connectivity index (χ1n) is 5.10. The molecule has 1 rings (SSSR count). The summed E-state index contributed by atoms with van der Waals surface area (Å²) in [4.78, 5) is 10.9. The van der Waals surface area contributed by atoms with Gasteiger partial charge in [-0.3, -0.25) is 4.79 Å². The Bertz CT molecular complexity index is 190. The molecule has 0 N–H and O–H groups in total. The van der Waals surface area contributed by atoms with E-state index in [1.165, 1.54) is 12.8 Å². The van der Waals surface area contributed by atoms with Crippen molar-refractivity contribution >= 4 is 24.9 Å². The Morgan fingerprint density at radius 3 is 1.92 bits per heavy atom. The Balaban J connectivity index is 2.44. The number of halogens is 1. The van der Waals surface area contributed by atoms with Gasteiger partial charge < -0.3 is 0 Å². The average Bonchev–Trinajstić information content (AvgIpc) is 2.03. The van der Waals surface area contributed by atoms with Crippen molar-refractivity contribution in [2.75, 3.05) is 0 Å². The van der Waals surface area contributed by atoms with Gasteiger partial charge in [-0.2, -0.15) is 0 Å². The Morgan fingerprint density at radius 2 is 1.62 bits per heavy atom. The summed E-state index contributed by atoms with van der Waals surface area (Å²) in [6, 6.07) is 0. The monoisotopic (exact) mass is 218 g/mol. The maximum absolute atomic E-state index is 10.9. The fourth-order valence-electron chi connectivity index (χ4n) is 2.19. The molecular formula is C10H19ClOSi. The van der Waals surface area contributed by atoms with E-state index < -0.39 is 8.07 Å². The summed E-state index contributed by atoms with van der Waals surface area (Å²) in [5.74, 6) is 0.161. The normalized spacial score (nSPS) is 30.2. The van der Waals surface area contributed by atoms with Crippen molar-refractivity contribution in [1.82, 2.24) is 0 Å². The van der Waals surface area contributed by atoms with Crippen LogP contribution in [0.5, 0.6) is 0 Å². The van der Waals surface area contributed by atoms with Gasteiger partial charge in [-0.25, -0.2) is 0 Å². The minimum Gasteiger partial charge on any atom is -0.281 e. The third-order valence-corrected chi connectivity index (χ3v) is 6.61. The molecule has 0 heterocycles. The summed E-state index contributed by atoms with van der Waals surface area (Å²) in [6.07, 6.45) is 4.49. The summed E-state index contributed by atoms with van der Waals surface area (Å²) in [5, 5.41) is -0.117. The maximum atomic E-state index is 10.9. The van der Waals surface area contributed by atoms with Crippen LogP contribution in [0.2, 0.25) is 25.2 Å². The lowest BCUT2D eigenvalue weighted by atomic mass is 9.90. The van der Waals surface area contributed by atoms with Gasteiger partial charge in [0.25, 0.3) is 0 Å². The van der Waals surface area contributed by atoms with Gasteiger partial charge >= 0.3 is 0 Å². The van der Waals surface area contributed by atoms with Crippen LogP contribution in [0.3, 0.4) is 0 Å². The van der Waals surface area contributed by atoms with E-state index in [0.717, 1.165) is 18.4 Å². The maximum Gasteiger partial charge on any atom is 0.224 e. The van der Waals surface area contributed by atoms with Crippen LogP contribution in [0, 0.1) is 5.92 Å². The lowest BCUT2D eigenvalue weighted by Gasteiger charge is -2.34. The van der Waals surface area contributed by atoms with Crippen molar-refractivity contribution in [3.63, 3.8) is 0 Å². The van der Waals surface area contributed by atoms with E-state index in [1.54, 1.807) is 0 Å². The molecule has 0 aliphatic heterocycles. The standard InChI is InChI=1S/C10H19ClOSi/c1-13(2,3)9-6-4-8(5-7-9)10(11)12/h8-9H,4-7H2,1-3H3. The molecule has 0 spiro atoms. The van der Waals surface area contributed by atoms with Crippen LogP contribution in [-0.2, 0) is 4.79 Å². The highest BCUT2D eigenvalue weighted by molar-refractivity contribution is 6.77. The van der Waals surface area contributed by atoms with E-state index in [2.05, 4.69) is 19.6 Å². The predicted molar refractivity (Wildman–Crippen MR) is 59.9 cm³/mol. The first-order chi connectivity index (χ1) is 5.91. The molecule has 1 nitrogen and oxygen atoms in total. The first kappa shape index (κ1) is 11.3. The molecule has 0 atom stereocenters. The van der Waals surface area contributed by atoms with Gasteiger partial charge in [0.1, 0.15) is 0 Å². The molecule has 13 heavy (non-hydrogen) atoms. The van der Waals surface area contributed by atoms with E-state index in [-0.39, 0.29) is 11.2 Å². The van der Waals surface area contributed by atoms with Gasteiger partial charge in [-0.05, 0) is 30.0 Å². The SMILES string of the molecule is C[Si](C)(C)C1CCC(C(=O)Cl)CC1. The highest BCUT2D eigenvalue weighted by Crippen LogP contribution is 2.39. The highest BCUT2D eigenvalue weighted by Gasteiger charge is 2.32. The second-order valence-corrected chi connectivity index (χ2v) is 11.1. The summed E-state index contributed by atoms with van der Waals surface area (Å²) in [5.41, 5.74) is 0.903. The van der Waals surface area contributed by atoms with Crippen molar-refractivity contribution in [3.8, 4) is 0 Å². The Kier molecular flexibility index (Phi) is 3.58. The van der Waals surface area contributed by atoms with Crippen LogP contribution in [0.25, 0.3) is 0 Å². The Morgan fingerprint density at radius 1 is 1.15 bits per heavy atom. The van der Waals surface area contributed by atoms with Crippen LogP contribution < -0.4 is 0 Å². The number of carbonyl (C=O) groups excluding carboxylic acids is 1. The summed E-state index contributed by atoms with van der Waals surface area (Å²) >= 11 is 5.49. The molecule has 3 heteroatoms. The van der Waals surface area contributed by atoms with Gasteiger partial charge in [0.05, 0.1) is 0 Å². The molecule has 0 saturated heterocycles. The van der Waals surface area contributed by atoms with Crippen molar-refractivity contribution < 1.29 is 4.79 Å². The minimum atomic E-state index is -0.975. The molecule has 76 valence electrons. The molecule has 1 saturated carbocycles. The van der Waals surface area contributed by atoms with Crippen molar-refractivity contribution in [2.45, 2.75) is 50.9 Å². The van der Waals surface area contributed by atoms with Crippen LogP contribution in [0.1, 0.15) is 25.7 Å². The second-order valence-electron chi connectivity index (χ2n) is 5.22. The number of rotatable bonds is 2. The lowest BCUT2D eigenvalue weighted by Crippen LogP contribution is -2.32. The molecule has 0 aromatic carbocycles. The van der Waals surface area contributed by atoms with E-state index in [1.807, 2.05) is 0 Å². The van der Waals surface area contributed by atoms with E-state index >= 15 is 0 Å². The molecule has 0 unspecified atom stereocenters. The van der Waals surface area contributed by atoms with Crippen LogP contribution in [0.15, 0.2) is 0 Å². The fourth-order valence-corrected chi connectivity index (χ4v) is 4.47. The van der Waals surface area contributed by atoms with Gasteiger partial charge in [0.2, 0.25) is 5.24 Å². The molecule has 1 aliphatic rings. The van der Waals surface area contributed by atoms with E-state index in [0.29, 0.717) is 0 Å². The van der Waals surface area contributed by atoms with Gasteiger partial charge in [-0.1, -0.05) is 32.5 Å². The number of carbonyl (C=O) groups is 1. The molecule has 0 aromatic rings. The summed E-state index contributed by atoms with van der Waals surface area (Å²) in [6.45, 7) is 7.25. The van der Waals surface area contributed by atoms with Gasteiger partial charge in [0.15, 0.2) is 0 Å². The zero-order valence-electron chi connectivity index (χ0n) is 8.77. The largest absolute Gasteiger partial charge is 0.281 e. The summed E-state index contributed by atoms with van der Waals surface area (Å²) < 4.78 is 0. The quantitative estimate of drug-likeness (QED) is 0.511. The zero-order valence-corrected chi connectivity index (χ0v) is 10.5. The summed E-state index contributed by atoms with van der Waals surface area (Å²) in [7, 11) is -0.975. The lowest BCUT2D eigenvalue weighted by molar-refractivity contribution is -0.115. The highest BCUT2D eigenvalue weighted by atomic mass is 35.5. The first-order valence-corrected chi connectivity index (χ1v) is 9.06. The van der Waals surface area contributed by atoms with Crippen molar-refractivity contribution in [3.05, 3.63) is 0 Å². The zero-order chi connectivity index (χ0) is 10.1. The van der Waals surface area contributed by atoms with E-state index in [9.17, 15) is 4.79 Å². The third kappa shape index (κ3) is 3.10. The van der Waals surface area contributed by atoms with E-state index in [4.69, 9.17) is 11.6 Å². The van der Waals surface area contributed by atoms with Crippen molar-refractivity contribution in [2.24, 2.45) is 5.92 Å². The molecule has 0 bridgehead atoms. The smallest absolute Gasteiger partial charge is 0.224 e. The second kappa shape index (κ2) is 4.14. The molecule has 1 aliphatic carbocycles. The van der Waals surface area contributed by atoms with Crippen LogP contribution >= 0.6 is 11.6 Å². The molecule has 1 fully saturated rings. The fraction of sp³-hybridized carbons (Fsp3) is 0.900. The number of hydrogen-bond donors (Lipinski definition) is 0. The van der Waals surface area contributed by atoms with Gasteiger partial charge in [0, 0.05) is 14.0 Å². The minimum absolute atomic E-state index is 0.117. The van der Waals surface area contributed by atoms with Crippen molar-refractivity contribution in [1.29, 1.82) is 0 Å². The topological polar surface area (TPSA) is 17.1 Å².